The van der Waals surface area contributed by atoms with E-state index in [0.29, 0.717) is 6.04 Å². The molecule has 112 valence electrons. The molecule has 1 N–H and O–H groups in total. The highest BCUT2D eigenvalue weighted by atomic mass is 35.5. The highest BCUT2D eigenvalue weighted by Gasteiger charge is 2.13. The summed E-state index contributed by atoms with van der Waals surface area (Å²) in [5.74, 6) is 0. The van der Waals surface area contributed by atoms with E-state index < -0.39 is 0 Å². The van der Waals surface area contributed by atoms with Crippen molar-refractivity contribution in [1.29, 1.82) is 0 Å². The van der Waals surface area contributed by atoms with Crippen molar-refractivity contribution in [3.63, 3.8) is 0 Å². The highest BCUT2D eigenvalue weighted by molar-refractivity contribution is 6.36. The molecule has 0 fully saturated rings. The minimum absolute atomic E-state index is 0.315. The Balaban J connectivity index is 2.09. The number of rotatable bonds is 6. The van der Waals surface area contributed by atoms with Crippen LogP contribution >= 0.6 is 23.2 Å². The zero-order chi connectivity index (χ0) is 15.2. The van der Waals surface area contributed by atoms with E-state index in [2.05, 4.69) is 36.5 Å². The van der Waals surface area contributed by atoms with Gasteiger partial charge in [0.1, 0.15) is 0 Å². The lowest BCUT2D eigenvalue weighted by Crippen LogP contribution is -2.30. The third-order valence-electron chi connectivity index (χ3n) is 3.83. The summed E-state index contributed by atoms with van der Waals surface area (Å²) in [6.45, 7) is 2.17. The van der Waals surface area contributed by atoms with Gasteiger partial charge in [0.15, 0.2) is 0 Å². The lowest BCUT2D eigenvalue weighted by atomic mass is 9.98. The van der Waals surface area contributed by atoms with Crippen LogP contribution in [0, 0.1) is 0 Å². The summed E-state index contributed by atoms with van der Waals surface area (Å²) < 4.78 is 0. The molecule has 2 aromatic carbocycles. The molecule has 0 bridgehead atoms. The first-order valence-corrected chi connectivity index (χ1v) is 8.07. The molecule has 21 heavy (non-hydrogen) atoms. The molecule has 0 aliphatic heterocycles. The van der Waals surface area contributed by atoms with Crippen molar-refractivity contribution in [2.45, 2.75) is 32.2 Å². The van der Waals surface area contributed by atoms with Crippen LogP contribution in [0.15, 0.2) is 42.5 Å². The topological polar surface area (TPSA) is 12.0 Å². The quantitative estimate of drug-likeness (QED) is 0.795. The predicted molar refractivity (Wildman–Crippen MR) is 92.5 cm³/mol. The van der Waals surface area contributed by atoms with E-state index in [0.717, 1.165) is 34.9 Å². The van der Waals surface area contributed by atoms with Gasteiger partial charge >= 0.3 is 0 Å². The van der Waals surface area contributed by atoms with E-state index in [1.807, 2.05) is 25.2 Å². The van der Waals surface area contributed by atoms with Crippen molar-refractivity contribution < 1.29 is 0 Å². The summed E-state index contributed by atoms with van der Waals surface area (Å²) in [5.41, 5.74) is 3.72. The van der Waals surface area contributed by atoms with Crippen LogP contribution in [0.3, 0.4) is 0 Å². The van der Waals surface area contributed by atoms with Crippen molar-refractivity contribution >= 4 is 23.2 Å². The van der Waals surface area contributed by atoms with Crippen LogP contribution in [0.5, 0.6) is 0 Å². The predicted octanol–water partition coefficient (Wildman–Crippen LogP) is 4.93. The second-order valence-corrected chi connectivity index (χ2v) is 6.08. The molecular formula is C18H21Cl2N. The van der Waals surface area contributed by atoms with Gasteiger partial charge in [-0.1, -0.05) is 60.5 Å². The summed E-state index contributed by atoms with van der Waals surface area (Å²) >= 11 is 12.5. The highest BCUT2D eigenvalue weighted by Crippen LogP contribution is 2.26. The van der Waals surface area contributed by atoms with Crippen LogP contribution < -0.4 is 5.32 Å². The minimum atomic E-state index is 0.315. The number of hydrogen-bond acceptors (Lipinski definition) is 1. The molecule has 1 nitrogen and oxygen atoms in total. The number of halogens is 2. The van der Waals surface area contributed by atoms with Gasteiger partial charge in [0.25, 0.3) is 0 Å². The van der Waals surface area contributed by atoms with E-state index in [9.17, 15) is 0 Å². The first-order chi connectivity index (χ1) is 10.1. The normalized spacial score (nSPS) is 12.4. The fraction of sp³-hybridized carbons (Fsp3) is 0.333. The Morgan fingerprint density at radius 3 is 2.00 bits per heavy atom. The fourth-order valence-electron chi connectivity index (χ4n) is 2.45. The van der Waals surface area contributed by atoms with E-state index in [-0.39, 0.29) is 0 Å². The molecule has 0 aliphatic rings. The number of benzene rings is 2. The summed E-state index contributed by atoms with van der Waals surface area (Å²) in [4.78, 5) is 0. The lowest BCUT2D eigenvalue weighted by molar-refractivity contribution is 0.556. The smallest absolute Gasteiger partial charge is 0.0453 e. The zero-order valence-electron chi connectivity index (χ0n) is 12.5. The lowest BCUT2D eigenvalue weighted by Gasteiger charge is -2.18. The summed E-state index contributed by atoms with van der Waals surface area (Å²) in [6.07, 6.45) is 2.86. The maximum atomic E-state index is 6.26. The van der Waals surface area contributed by atoms with E-state index in [1.165, 1.54) is 11.1 Å². The number of hydrogen-bond donors (Lipinski definition) is 1. The van der Waals surface area contributed by atoms with Crippen molar-refractivity contribution in [3.05, 3.63) is 69.2 Å². The molecule has 0 spiro atoms. The van der Waals surface area contributed by atoms with Crippen LogP contribution in [0.25, 0.3) is 0 Å². The molecule has 1 atom stereocenters. The molecular weight excluding hydrogens is 301 g/mol. The fourth-order valence-corrected chi connectivity index (χ4v) is 3.00. The summed E-state index contributed by atoms with van der Waals surface area (Å²) in [6, 6.07) is 14.8. The van der Waals surface area contributed by atoms with Gasteiger partial charge < -0.3 is 5.32 Å². The largest absolute Gasteiger partial charge is 0.316 e. The van der Waals surface area contributed by atoms with Crippen molar-refractivity contribution in [1.82, 2.24) is 5.32 Å². The van der Waals surface area contributed by atoms with Gasteiger partial charge in [0.2, 0.25) is 0 Å². The van der Waals surface area contributed by atoms with Crippen LogP contribution in [-0.2, 0) is 19.3 Å². The average Bonchev–Trinajstić information content (AvgIpc) is 2.50. The van der Waals surface area contributed by atoms with Gasteiger partial charge in [0.05, 0.1) is 0 Å². The van der Waals surface area contributed by atoms with Gasteiger partial charge in [-0.2, -0.15) is 0 Å². The van der Waals surface area contributed by atoms with Crippen LogP contribution in [0.1, 0.15) is 23.6 Å². The Morgan fingerprint density at radius 2 is 1.48 bits per heavy atom. The Labute approximate surface area is 137 Å². The first kappa shape index (κ1) is 16.4. The van der Waals surface area contributed by atoms with Crippen LogP contribution in [-0.4, -0.2) is 13.1 Å². The number of nitrogens with one attached hydrogen (secondary N) is 1. The standard InChI is InChI=1S/C18H21Cl2N/c1-3-13-7-9-14(10-8-13)11-15(21-2)12-16-17(19)5-4-6-18(16)20/h4-10,15,21H,3,11-12H2,1-2H3. The van der Waals surface area contributed by atoms with Gasteiger partial charge in [-0.3, -0.25) is 0 Å². The minimum Gasteiger partial charge on any atom is -0.316 e. The molecule has 0 saturated carbocycles. The average molecular weight is 322 g/mol. The molecule has 0 saturated heterocycles. The first-order valence-electron chi connectivity index (χ1n) is 7.32. The molecule has 0 heterocycles. The molecule has 1 unspecified atom stereocenters. The van der Waals surface area contributed by atoms with Gasteiger partial charge in [-0.15, -0.1) is 0 Å². The third kappa shape index (κ3) is 4.47. The van der Waals surface area contributed by atoms with Crippen LogP contribution in [0.2, 0.25) is 10.0 Å². The van der Waals surface area contributed by atoms with Crippen LogP contribution in [0.4, 0.5) is 0 Å². The van der Waals surface area contributed by atoms with E-state index >= 15 is 0 Å². The third-order valence-corrected chi connectivity index (χ3v) is 4.54. The zero-order valence-corrected chi connectivity index (χ0v) is 14.0. The summed E-state index contributed by atoms with van der Waals surface area (Å²) in [5, 5.41) is 4.84. The van der Waals surface area contributed by atoms with Crippen molar-refractivity contribution in [3.8, 4) is 0 Å². The number of aryl methyl sites for hydroxylation is 1. The van der Waals surface area contributed by atoms with E-state index in [4.69, 9.17) is 23.2 Å². The Bertz CT molecular complexity index is 558. The number of likely N-dealkylation sites (N-methyl/N-ethyl adjacent to an activating group) is 1. The molecule has 0 amide bonds. The maximum Gasteiger partial charge on any atom is 0.0453 e. The maximum absolute atomic E-state index is 6.26. The van der Waals surface area contributed by atoms with Gasteiger partial charge in [-0.05, 0) is 55.1 Å². The monoisotopic (exact) mass is 321 g/mol. The van der Waals surface area contributed by atoms with E-state index in [1.54, 1.807) is 0 Å². The van der Waals surface area contributed by atoms with Gasteiger partial charge in [0, 0.05) is 16.1 Å². The molecule has 2 aromatic rings. The van der Waals surface area contributed by atoms with Crippen molar-refractivity contribution in [2.24, 2.45) is 0 Å². The Hall–Kier alpha value is -1.02. The SMILES string of the molecule is CCc1ccc(CC(Cc2c(Cl)cccc2Cl)NC)cc1. The second-order valence-electron chi connectivity index (χ2n) is 5.26. The second kappa shape index (κ2) is 7.84. The Morgan fingerprint density at radius 1 is 0.905 bits per heavy atom. The molecule has 2 rings (SSSR count). The molecule has 0 aromatic heterocycles. The molecule has 0 aliphatic carbocycles. The Kier molecular flexibility index (Phi) is 6.10. The van der Waals surface area contributed by atoms with Gasteiger partial charge in [-0.25, -0.2) is 0 Å². The van der Waals surface area contributed by atoms with Crippen molar-refractivity contribution in [2.75, 3.05) is 7.05 Å². The summed E-state index contributed by atoms with van der Waals surface area (Å²) in [7, 11) is 1.98. The molecule has 0 radical (unpaired) electrons. The molecule has 3 heteroatoms.